The van der Waals surface area contributed by atoms with Gasteiger partial charge in [0.05, 0.1) is 37.2 Å². The molecule has 0 fully saturated rings. The number of aliphatic hydroxyl groups excluding tert-OH is 2. The summed E-state index contributed by atoms with van der Waals surface area (Å²) < 4.78 is 7.50. The van der Waals surface area contributed by atoms with Crippen LogP contribution in [-0.4, -0.2) is 253 Å². The number of unbranched alkanes of at least 4 members (excludes halogenated alkanes) is 2. The number of carboxylic acids is 1. The molecule has 0 aliphatic carbocycles. The fourth-order valence-electron chi connectivity index (χ4n) is 14.7. The van der Waals surface area contributed by atoms with Crippen molar-refractivity contribution in [3.8, 4) is 5.75 Å². The van der Waals surface area contributed by atoms with Gasteiger partial charge < -0.3 is 116 Å². The third-order valence-corrected chi connectivity index (χ3v) is 22.9. The molecule has 1 aromatic heterocycles. The van der Waals surface area contributed by atoms with Crippen molar-refractivity contribution in [3.63, 3.8) is 0 Å². The van der Waals surface area contributed by atoms with Crippen molar-refractivity contribution >= 4 is 94.7 Å². The van der Waals surface area contributed by atoms with E-state index in [0.29, 0.717) is 75.3 Å². The van der Waals surface area contributed by atoms with Gasteiger partial charge in [-0.1, -0.05) is 119 Å². The summed E-state index contributed by atoms with van der Waals surface area (Å²) in [5.41, 5.74) is 12.0. The summed E-state index contributed by atoms with van der Waals surface area (Å²) >= 11 is 0. The number of nitrogens with one attached hydrogen (secondary N) is 16. The first kappa shape index (κ1) is 117. The fraction of sp³-hybridized carbons (Fsp3) is 0.689. The maximum atomic E-state index is 15.4. The number of nitrogens with zero attached hydrogens (tertiary/aromatic N) is 1. The van der Waals surface area contributed by atoms with Crippen molar-refractivity contribution < 1.29 is 102 Å². The normalized spacial score (nSPS) is 22.6. The number of aromatic nitrogens is 2. The number of imidazole rings is 1. The van der Waals surface area contributed by atoms with Crippen LogP contribution in [0.4, 0.5) is 0 Å². The Hall–Kier alpha value is -10.5. The predicted octanol–water partition coefficient (Wildman–Crippen LogP) is -0.409. The number of ketones is 2. The second-order valence-electron chi connectivity index (χ2n) is 35.9. The molecule has 736 valence electrons. The van der Waals surface area contributed by atoms with E-state index in [-0.39, 0.29) is 95.0 Å². The van der Waals surface area contributed by atoms with E-state index >= 15 is 14.4 Å². The summed E-state index contributed by atoms with van der Waals surface area (Å²) in [6.07, 6.45) is 8.73. The quantitative estimate of drug-likeness (QED) is 0.00587. The number of carbonyl (C=O) groups is 16. The van der Waals surface area contributed by atoms with Crippen molar-refractivity contribution in [3.05, 3.63) is 66.8 Å². The Morgan fingerprint density at radius 1 is 0.595 bits per heavy atom. The Kier molecular flexibility index (Phi) is 53.9. The van der Waals surface area contributed by atoms with Crippen LogP contribution in [0.25, 0.3) is 0 Å². The molecule has 18 atom stereocenters. The number of aromatic amines is 1. The number of aliphatic hydroxyl groups is 2. The maximum absolute atomic E-state index is 15.4. The summed E-state index contributed by atoms with van der Waals surface area (Å²) in [7, 11) is 0. The fourth-order valence-corrected chi connectivity index (χ4v) is 14.7. The average Bonchev–Trinajstić information content (AvgIpc) is 1.43. The SMILES string of the molecule is CC[C@H](C)[C@@H]1NC(=O)[C@H](C(C)C)NC(=O)[C@H](C(C)C)NCC(C)(NC(C)C(=O)C(=O)C(C)NN)CCCCCC/C=C/CCCC(C)(C(=O)N[C@H](C(=O)N[C@@H](CCC(=O)O)C(=O)NC(Cc2ccc(O)cc2)C(=O)N[C@H](C(=O)NC(Cc2cnc[nH]2)C(=O)N[C@H](C=O)CO)C(C)C)[C@@H](C)O)NC(=O)[C@H](CCCCN)NC(=O)[C@H](CCCCN)NC(=O)[C@H](CC(C)C)NC1=O.[C-]#[O+]. The molecule has 0 saturated carbocycles. The molecule has 2 heterocycles. The van der Waals surface area contributed by atoms with Gasteiger partial charge in [-0.2, -0.15) is 0 Å². The summed E-state index contributed by atoms with van der Waals surface area (Å²) in [5, 5.41) is 80.4. The molecule has 1 aliphatic heterocycles. The molecule has 26 N–H and O–H groups in total. The number of rotatable bonds is 43. The molecule has 0 spiro atoms. The number of allylic oxidation sites excluding steroid dienone is 2. The molecular weight excluding hydrogens is 1700 g/mol. The van der Waals surface area contributed by atoms with Gasteiger partial charge in [0, 0.05) is 43.2 Å². The number of hydrogen-bond donors (Lipinski definition) is 23. The average molecular weight is 1850 g/mol. The molecule has 41 heteroatoms. The molecule has 0 saturated heterocycles. The van der Waals surface area contributed by atoms with Gasteiger partial charge in [-0.05, 0) is 185 Å². The zero-order valence-corrected chi connectivity index (χ0v) is 78.8. The first-order valence-corrected chi connectivity index (χ1v) is 45.5. The Labute approximate surface area is 769 Å². The number of aromatic hydroxyl groups is 1. The van der Waals surface area contributed by atoms with E-state index in [9.17, 15) is 82.8 Å². The summed E-state index contributed by atoms with van der Waals surface area (Å²) in [4.78, 5) is 235. The minimum atomic E-state index is -2.04. The molecular formula is C90H150N20O21. The Morgan fingerprint density at radius 2 is 1.11 bits per heavy atom. The van der Waals surface area contributed by atoms with Crippen molar-refractivity contribution in [2.24, 2.45) is 46.9 Å². The molecule has 2 aromatic rings. The first-order chi connectivity index (χ1) is 61.8. The van der Waals surface area contributed by atoms with Crippen LogP contribution in [0.2, 0.25) is 0 Å². The van der Waals surface area contributed by atoms with Crippen molar-refractivity contribution in [1.82, 2.24) is 89.8 Å². The third kappa shape index (κ3) is 41.5. The number of carbonyl (C=O) groups excluding carboxylic acids is 15. The van der Waals surface area contributed by atoms with Crippen LogP contribution in [0.15, 0.2) is 48.9 Å². The van der Waals surface area contributed by atoms with Crippen molar-refractivity contribution in [2.75, 3.05) is 26.2 Å². The van der Waals surface area contributed by atoms with Crippen LogP contribution in [0.5, 0.6) is 5.75 Å². The van der Waals surface area contributed by atoms with E-state index in [0.717, 1.165) is 13.3 Å². The van der Waals surface area contributed by atoms with Crippen molar-refractivity contribution in [1.29, 1.82) is 0 Å². The third-order valence-electron chi connectivity index (χ3n) is 22.9. The van der Waals surface area contributed by atoms with Crippen molar-refractivity contribution in [2.45, 2.75) is 340 Å². The molecule has 41 nitrogen and oxygen atoms in total. The van der Waals surface area contributed by atoms with E-state index in [1.54, 1.807) is 41.5 Å². The number of carboxylic acid groups (broad SMARTS) is 1. The number of hydrogen-bond acceptors (Lipinski definition) is 26. The molecule has 1 aromatic carbocycles. The van der Waals surface area contributed by atoms with Crippen LogP contribution in [0.1, 0.15) is 237 Å². The van der Waals surface area contributed by atoms with Gasteiger partial charge in [0.1, 0.15) is 84.0 Å². The van der Waals surface area contributed by atoms with Gasteiger partial charge >= 0.3 is 17.3 Å². The number of benzene rings is 1. The van der Waals surface area contributed by atoms with E-state index in [2.05, 4.69) is 96.5 Å². The van der Waals surface area contributed by atoms with Crippen LogP contribution >= 0.6 is 0 Å². The Bertz CT molecular complexity index is 4020. The zero-order valence-electron chi connectivity index (χ0n) is 78.8. The predicted molar refractivity (Wildman–Crippen MR) is 487 cm³/mol. The summed E-state index contributed by atoms with van der Waals surface area (Å²) in [6, 6.07) is -13.8. The van der Waals surface area contributed by atoms with Crippen LogP contribution in [0.3, 0.4) is 0 Å². The van der Waals surface area contributed by atoms with E-state index in [1.165, 1.54) is 50.6 Å². The van der Waals surface area contributed by atoms with E-state index in [4.69, 9.17) is 22.0 Å². The number of nitrogens with two attached hydrogens (primary N) is 3. The number of H-pyrrole nitrogens is 1. The first-order valence-electron chi connectivity index (χ1n) is 45.5. The number of hydrazine groups is 1. The standard InChI is InChI=1S/C89H150N20O20.CO/c1-16-54(10)72-85(127)101-65(42-50(2)3)79(121)97-62(30-24-28-40-90)76(118)98-63(31-25-29-41-91)81(123)108-89(15,39-27-23-21-19-17-18-20-22-26-38-88(14,107-55(11)74(116)75(117)56(12)109-92)48-94-69(51(4)5)82(124)104-71(53(8)9)84(126)105-72)87(129)106-73(57(13)112)86(128)99-64(36-37-68(114)115)77(119)100-66(43-58-32-34-61(113)35-33-58)80(122)103-70(52(6)7)83(125)102-67(44-59-45-93-49-95-59)78(120)96-60(46-110)47-111;1-2/h19,21,32-35,45-46,49-57,60,62-67,69-73,94,107,109,111-113H,16-18,20,22-31,36-44,47-48,90-92H2,1-15H3,(H,93,95)(H,96,120)(H,97,121)(H,98,118)(H,99,128)(H,100,119)(H,101,127)(H,102,125)(H,103,122)(H,104,124)(H,105,126)(H,106,129)(H,108,123)(H,114,115);/b21-19+;/t54-,55?,56?,57+,60+,62-,63-,64-,65-,66?,67?,69-,70-,71-,72-,73-,88?,89?;/m0./s1. The molecule has 12 amide bonds. The monoisotopic (exact) mass is 1850 g/mol. The Balaban J connectivity index is 0.0000288. The van der Waals surface area contributed by atoms with Gasteiger partial charge in [-0.3, -0.25) is 77.8 Å². The summed E-state index contributed by atoms with van der Waals surface area (Å²) in [6.45, 7) is 29.0. The molecule has 0 bridgehead atoms. The van der Waals surface area contributed by atoms with Gasteiger partial charge in [-0.25, -0.2) is 10.4 Å². The number of phenolic OH excluding ortho intramolecular Hbond substituents is 1. The molecule has 131 heavy (non-hydrogen) atoms. The number of amides is 12. The Morgan fingerprint density at radius 3 is 1.64 bits per heavy atom. The van der Waals surface area contributed by atoms with Gasteiger partial charge in [0.2, 0.25) is 82.5 Å². The molecule has 1 aliphatic rings. The molecule has 0 radical (unpaired) electrons. The van der Waals surface area contributed by atoms with Gasteiger partial charge in [0.25, 0.3) is 0 Å². The van der Waals surface area contributed by atoms with E-state index < -0.39 is 227 Å². The summed E-state index contributed by atoms with van der Waals surface area (Å²) in [5.74, 6) is -10.7. The zero-order chi connectivity index (χ0) is 99.0. The van der Waals surface area contributed by atoms with Crippen LogP contribution in [-0.2, 0) is 94.2 Å². The minimum absolute atomic E-state index is 0.0241. The number of Topliss-reactive ketones (excluding diaryl/α,β-unsaturated/α-hetero) is 2. The second-order valence-corrected chi connectivity index (χ2v) is 35.9. The van der Waals surface area contributed by atoms with Gasteiger partial charge in [0.15, 0.2) is 0 Å². The molecule has 3 rings (SSSR count). The topological polar surface area (TPSA) is 661 Å². The number of aldehydes is 1. The number of phenols is 1. The van der Waals surface area contributed by atoms with Crippen LogP contribution in [0, 0.1) is 36.2 Å². The van der Waals surface area contributed by atoms with Crippen LogP contribution < -0.4 is 97.2 Å². The molecule has 6 unspecified atom stereocenters. The van der Waals surface area contributed by atoms with E-state index in [1.807, 2.05) is 53.7 Å². The number of aliphatic carboxylic acids is 1. The van der Waals surface area contributed by atoms with Gasteiger partial charge in [-0.15, -0.1) is 0 Å². The second kappa shape index (κ2) is 60.5.